The van der Waals surface area contributed by atoms with Crippen molar-refractivity contribution in [3.05, 3.63) is 35.8 Å². The van der Waals surface area contributed by atoms with Gasteiger partial charge in [-0.15, -0.1) is 0 Å². The van der Waals surface area contributed by atoms with Gasteiger partial charge in [-0.1, -0.05) is 6.92 Å². The molecule has 0 bridgehead atoms. The van der Waals surface area contributed by atoms with Gasteiger partial charge in [0.05, 0.1) is 18.9 Å². The van der Waals surface area contributed by atoms with Crippen LogP contribution in [0.1, 0.15) is 24.1 Å². The third kappa shape index (κ3) is 2.70. The number of oxazole rings is 1. The molecule has 1 N–H and O–H groups in total. The molecular formula is C11H16N4O. The molecule has 2 rings (SSSR count). The molecular weight excluding hydrogens is 204 g/mol. The van der Waals surface area contributed by atoms with Crippen molar-refractivity contribution >= 4 is 0 Å². The predicted molar refractivity (Wildman–Crippen MR) is 59.6 cm³/mol. The van der Waals surface area contributed by atoms with E-state index < -0.39 is 0 Å². The Kier molecular flexibility index (Phi) is 3.36. The fourth-order valence-electron chi connectivity index (χ4n) is 1.47. The second kappa shape index (κ2) is 4.94. The Labute approximate surface area is 94.5 Å². The van der Waals surface area contributed by atoms with E-state index in [2.05, 4.69) is 15.4 Å². The van der Waals surface area contributed by atoms with E-state index in [1.54, 1.807) is 10.9 Å². The van der Waals surface area contributed by atoms with Gasteiger partial charge in [0.1, 0.15) is 5.76 Å². The fourth-order valence-corrected chi connectivity index (χ4v) is 1.47. The molecule has 0 unspecified atom stereocenters. The summed E-state index contributed by atoms with van der Waals surface area (Å²) in [5.74, 6) is 1.67. The monoisotopic (exact) mass is 220 g/mol. The summed E-state index contributed by atoms with van der Waals surface area (Å²) in [5.41, 5.74) is 1.16. The number of nitrogens with zero attached hydrogens (tertiary/aromatic N) is 3. The van der Waals surface area contributed by atoms with Gasteiger partial charge in [-0.3, -0.25) is 4.68 Å². The van der Waals surface area contributed by atoms with Gasteiger partial charge < -0.3 is 9.73 Å². The highest BCUT2D eigenvalue weighted by atomic mass is 16.4. The largest absolute Gasteiger partial charge is 0.444 e. The molecule has 0 amide bonds. The van der Waals surface area contributed by atoms with Crippen molar-refractivity contribution in [2.75, 3.05) is 0 Å². The third-order valence-electron chi connectivity index (χ3n) is 2.31. The van der Waals surface area contributed by atoms with E-state index in [1.807, 2.05) is 26.4 Å². The van der Waals surface area contributed by atoms with E-state index in [0.29, 0.717) is 6.54 Å². The minimum absolute atomic E-state index is 0.648. The van der Waals surface area contributed by atoms with Gasteiger partial charge in [0.2, 0.25) is 5.89 Å². The molecule has 2 aromatic heterocycles. The first-order valence-electron chi connectivity index (χ1n) is 5.39. The van der Waals surface area contributed by atoms with Crippen molar-refractivity contribution in [1.82, 2.24) is 20.1 Å². The first-order chi connectivity index (χ1) is 7.78. The molecule has 0 aliphatic carbocycles. The molecule has 0 atom stereocenters. The molecule has 0 spiro atoms. The first kappa shape index (κ1) is 10.9. The predicted octanol–water partition coefficient (Wildman–Crippen LogP) is 1.26. The lowest BCUT2D eigenvalue weighted by molar-refractivity contribution is 0.439. The lowest BCUT2D eigenvalue weighted by atomic mass is 10.3. The zero-order valence-electron chi connectivity index (χ0n) is 9.60. The lowest BCUT2D eigenvalue weighted by Crippen LogP contribution is -2.12. The summed E-state index contributed by atoms with van der Waals surface area (Å²) in [5, 5.41) is 7.36. The molecule has 5 heteroatoms. The average Bonchev–Trinajstić information content (AvgIpc) is 2.88. The molecule has 2 aromatic rings. The SMILES string of the molecule is CCc1cnc(CNCc2cnn(C)c2)o1. The quantitative estimate of drug-likeness (QED) is 0.824. The maximum absolute atomic E-state index is 5.48. The molecule has 86 valence electrons. The summed E-state index contributed by atoms with van der Waals surface area (Å²) < 4.78 is 7.27. The van der Waals surface area contributed by atoms with Gasteiger partial charge in [-0.05, 0) is 0 Å². The number of aromatic nitrogens is 3. The Hall–Kier alpha value is -1.62. The van der Waals surface area contributed by atoms with Crippen LogP contribution in [0.15, 0.2) is 23.0 Å². The van der Waals surface area contributed by atoms with Crippen LogP contribution in [-0.2, 0) is 26.6 Å². The number of hydrogen-bond acceptors (Lipinski definition) is 4. The number of rotatable bonds is 5. The van der Waals surface area contributed by atoms with Crippen molar-refractivity contribution in [1.29, 1.82) is 0 Å². The highest BCUT2D eigenvalue weighted by Gasteiger charge is 2.02. The Morgan fingerprint density at radius 2 is 2.25 bits per heavy atom. The van der Waals surface area contributed by atoms with Crippen molar-refractivity contribution in [3.8, 4) is 0 Å². The molecule has 0 saturated carbocycles. The van der Waals surface area contributed by atoms with E-state index in [4.69, 9.17) is 4.42 Å². The van der Waals surface area contributed by atoms with Crippen molar-refractivity contribution in [2.45, 2.75) is 26.4 Å². The smallest absolute Gasteiger partial charge is 0.208 e. The van der Waals surface area contributed by atoms with Gasteiger partial charge in [-0.25, -0.2) is 4.98 Å². The average molecular weight is 220 g/mol. The Balaban J connectivity index is 1.79. The number of aryl methyl sites for hydroxylation is 2. The van der Waals surface area contributed by atoms with Crippen LogP contribution in [-0.4, -0.2) is 14.8 Å². The molecule has 16 heavy (non-hydrogen) atoms. The van der Waals surface area contributed by atoms with Gasteiger partial charge >= 0.3 is 0 Å². The molecule has 0 fully saturated rings. The second-order valence-corrected chi connectivity index (χ2v) is 3.70. The van der Waals surface area contributed by atoms with Gasteiger partial charge in [0, 0.05) is 31.8 Å². The summed E-state index contributed by atoms with van der Waals surface area (Å²) >= 11 is 0. The Morgan fingerprint density at radius 3 is 2.88 bits per heavy atom. The summed E-state index contributed by atoms with van der Waals surface area (Å²) in [6, 6.07) is 0. The van der Waals surface area contributed by atoms with Crippen molar-refractivity contribution < 1.29 is 4.42 Å². The van der Waals surface area contributed by atoms with Crippen LogP contribution in [0.2, 0.25) is 0 Å². The van der Waals surface area contributed by atoms with E-state index in [-0.39, 0.29) is 0 Å². The van der Waals surface area contributed by atoms with Crippen molar-refractivity contribution in [3.63, 3.8) is 0 Å². The van der Waals surface area contributed by atoms with Crippen LogP contribution in [0, 0.1) is 0 Å². The first-order valence-corrected chi connectivity index (χ1v) is 5.39. The maximum atomic E-state index is 5.48. The summed E-state index contributed by atoms with van der Waals surface area (Å²) in [7, 11) is 1.91. The topological polar surface area (TPSA) is 55.9 Å². The summed E-state index contributed by atoms with van der Waals surface area (Å²) in [6.07, 6.45) is 6.50. The summed E-state index contributed by atoms with van der Waals surface area (Å²) in [4.78, 5) is 4.17. The van der Waals surface area contributed by atoms with Crippen molar-refractivity contribution in [2.24, 2.45) is 7.05 Å². The van der Waals surface area contributed by atoms with Gasteiger partial charge in [-0.2, -0.15) is 5.10 Å². The zero-order valence-corrected chi connectivity index (χ0v) is 9.60. The van der Waals surface area contributed by atoms with E-state index in [0.717, 1.165) is 30.2 Å². The molecule has 0 aromatic carbocycles. The molecule has 0 radical (unpaired) electrons. The zero-order chi connectivity index (χ0) is 11.4. The fraction of sp³-hybridized carbons (Fsp3) is 0.455. The van der Waals surface area contributed by atoms with Crippen LogP contribution in [0.4, 0.5) is 0 Å². The molecule has 5 nitrogen and oxygen atoms in total. The molecule has 0 aliphatic heterocycles. The van der Waals surface area contributed by atoms with Gasteiger partial charge in [0.25, 0.3) is 0 Å². The molecule has 0 saturated heterocycles. The molecule has 0 aliphatic rings. The van der Waals surface area contributed by atoms with Crippen LogP contribution in [0.25, 0.3) is 0 Å². The molecule has 2 heterocycles. The van der Waals surface area contributed by atoms with Crippen LogP contribution >= 0.6 is 0 Å². The van der Waals surface area contributed by atoms with E-state index in [9.17, 15) is 0 Å². The van der Waals surface area contributed by atoms with E-state index >= 15 is 0 Å². The third-order valence-corrected chi connectivity index (χ3v) is 2.31. The van der Waals surface area contributed by atoms with Crippen LogP contribution in [0.3, 0.4) is 0 Å². The van der Waals surface area contributed by atoms with Crippen LogP contribution < -0.4 is 5.32 Å². The minimum atomic E-state index is 0.648. The summed E-state index contributed by atoms with van der Waals surface area (Å²) in [6.45, 7) is 3.47. The second-order valence-electron chi connectivity index (χ2n) is 3.70. The number of nitrogens with one attached hydrogen (secondary N) is 1. The standard InChI is InChI=1S/C11H16N4O/c1-3-10-6-13-11(16-10)7-12-4-9-5-14-15(2)8-9/h5-6,8,12H,3-4,7H2,1-2H3. The Morgan fingerprint density at radius 1 is 1.38 bits per heavy atom. The lowest BCUT2D eigenvalue weighted by Gasteiger charge is -1.98. The highest BCUT2D eigenvalue weighted by Crippen LogP contribution is 2.04. The highest BCUT2D eigenvalue weighted by molar-refractivity contribution is 5.03. The van der Waals surface area contributed by atoms with Crippen LogP contribution in [0.5, 0.6) is 0 Å². The van der Waals surface area contributed by atoms with E-state index in [1.165, 1.54) is 0 Å². The Bertz CT molecular complexity index is 446. The normalized spacial score (nSPS) is 10.9. The maximum Gasteiger partial charge on any atom is 0.208 e. The van der Waals surface area contributed by atoms with Gasteiger partial charge in [0.15, 0.2) is 0 Å². The number of hydrogen-bond donors (Lipinski definition) is 1. The minimum Gasteiger partial charge on any atom is -0.444 e.